The van der Waals surface area contributed by atoms with Gasteiger partial charge in [0.15, 0.2) is 0 Å². The lowest BCUT2D eigenvalue weighted by atomic mass is 9.57. The van der Waals surface area contributed by atoms with Crippen molar-refractivity contribution in [1.82, 2.24) is 5.32 Å². The average Bonchev–Trinajstić information content (AvgIpc) is 2.40. The second kappa shape index (κ2) is 5.88. The van der Waals surface area contributed by atoms with Crippen molar-refractivity contribution >= 4 is 17.5 Å². The summed E-state index contributed by atoms with van der Waals surface area (Å²) in [7, 11) is 0. The number of hydrogen-bond donors (Lipinski definition) is 2. The zero-order valence-corrected chi connectivity index (χ0v) is 13.2. The molecule has 21 heavy (non-hydrogen) atoms. The van der Waals surface area contributed by atoms with Crippen molar-refractivity contribution in [3.8, 4) is 0 Å². The summed E-state index contributed by atoms with van der Waals surface area (Å²) in [6, 6.07) is 7.95. The topological polar surface area (TPSA) is 58.2 Å². The van der Waals surface area contributed by atoms with Crippen LogP contribution in [0.1, 0.15) is 39.2 Å². The van der Waals surface area contributed by atoms with Crippen LogP contribution in [0.15, 0.2) is 24.3 Å². The van der Waals surface area contributed by atoms with Gasteiger partial charge in [-0.15, -0.1) is 0 Å². The monoisotopic (exact) mass is 288 g/mol. The van der Waals surface area contributed by atoms with E-state index in [-0.39, 0.29) is 23.3 Å². The number of anilines is 1. The van der Waals surface area contributed by atoms with Crippen LogP contribution < -0.4 is 10.6 Å². The number of carbonyl (C=O) groups excluding carboxylic acids is 2. The Morgan fingerprint density at radius 2 is 1.95 bits per heavy atom. The Morgan fingerprint density at radius 3 is 2.52 bits per heavy atom. The minimum Gasteiger partial charge on any atom is -0.353 e. The molecule has 0 radical (unpaired) electrons. The van der Waals surface area contributed by atoms with E-state index >= 15 is 0 Å². The molecular formula is C17H24N2O2. The van der Waals surface area contributed by atoms with Gasteiger partial charge < -0.3 is 10.6 Å². The number of rotatable bonds is 4. The van der Waals surface area contributed by atoms with Crippen LogP contribution in [0.25, 0.3) is 0 Å². The molecule has 4 heteroatoms. The SMILES string of the molecule is CC(=O)NC1CC(CC(=O)Nc2ccccc2C)C1(C)C. The van der Waals surface area contributed by atoms with E-state index in [1.807, 2.05) is 31.2 Å². The minimum absolute atomic E-state index is 0.00381. The van der Waals surface area contributed by atoms with Crippen molar-refractivity contribution < 1.29 is 9.59 Å². The highest BCUT2D eigenvalue weighted by Crippen LogP contribution is 2.48. The summed E-state index contributed by atoms with van der Waals surface area (Å²) in [4.78, 5) is 23.3. The van der Waals surface area contributed by atoms with Gasteiger partial charge in [0.25, 0.3) is 0 Å². The number of hydrogen-bond acceptors (Lipinski definition) is 2. The molecule has 2 atom stereocenters. The summed E-state index contributed by atoms with van der Waals surface area (Å²) in [6.07, 6.45) is 1.37. The fourth-order valence-electron chi connectivity index (χ4n) is 2.99. The number of carbonyl (C=O) groups is 2. The first-order chi connectivity index (χ1) is 9.80. The van der Waals surface area contributed by atoms with Gasteiger partial charge in [-0.3, -0.25) is 9.59 Å². The van der Waals surface area contributed by atoms with Crippen molar-refractivity contribution in [3.05, 3.63) is 29.8 Å². The van der Waals surface area contributed by atoms with Gasteiger partial charge in [-0.25, -0.2) is 0 Å². The summed E-state index contributed by atoms with van der Waals surface area (Å²) < 4.78 is 0. The van der Waals surface area contributed by atoms with Gasteiger partial charge in [-0.2, -0.15) is 0 Å². The molecular weight excluding hydrogens is 264 g/mol. The third-order valence-electron chi connectivity index (χ3n) is 4.70. The molecule has 0 heterocycles. The fourth-order valence-corrected chi connectivity index (χ4v) is 2.99. The van der Waals surface area contributed by atoms with Crippen molar-refractivity contribution in [1.29, 1.82) is 0 Å². The standard InChI is InChI=1S/C17H24N2O2/c1-11-7-5-6-8-14(11)19-16(21)10-13-9-15(17(13,3)4)18-12(2)20/h5-8,13,15H,9-10H2,1-4H3,(H,18,20)(H,19,21). The molecule has 1 aliphatic rings. The summed E-state index contributed by atoms with van der Waals surface area (Å²) in [5.41, 5.74) is 1.90. The lowest BCUT2D eigenvalue weighted by Crippen LogP contribution is -2.58. The van der Waals surface area contributed by atoms with E-state index in [2.05, 4.69) is 24.5 Å². The summed E-state index contributed by atoms with van der Waals surface area (Å²) in [5.74, 6) is 0.345. The van der Waals surface area contributed by atoms with Crippen LogP contribution in [0.2, 0.25) is 0 Å². The normalized spacial score (nSPS) is 23.0. The molecule has 0 aliphatic heterocycles. The number of benzene rings is 1. The molecule has 0 bridgehead atoms. The minimum atomic E-state index is -0.0330. The van der Waals surface area contributed by atoms with Crippen LogP contribution in [0.5, 0.6) is 0 Å². The van der Waals surface area contributed by atoms with E-state index < -0.39 is 0 Å². The lowest BCUT2D eigenvalue weighted by Gasteiger charge is -2.52. The Hall–Kier alpha value is -1.84. The Bertz CT molecular complexity index is 551. The number of para-hydroxylation sites is 1. The van der Waals surface area contributed by atoms with E-state index in [1.165, 1.54) is 6.92 Å². The third kappa shape index (κ3) is 3.43. The zero-order chi connectivity index (χ0) is 15.6. The van der Waals surface area contributed by atoms with Crippen LogP contribution in [-0.2, 0) is 9.59 Å². The summed E-state index contributed by atoms with van der Waals surface area (Å²) in [5, 5.41) is 5.94. The maximum Gasteiger partial charge on any atom is 0.224 e. The van der Waals surface area contributed by atoms with Gasteiger partial charge in [0, 0.05) is 25.1 Å². The second-order valence-corrected chi connectivity index (χ2v) is 6.57. The highest BCUT2D eigenvalue weighted by Gasteiger charge is 2.48. The average molecular weight is 288 g/mol. The molecule has 1 aliphatic carbocycles. The number of nitrogens with one attached hydrogen (secondary N) is 2. The van der Waals surface area contributed by atoms with E-state index in [0.29, 0.717) is 12.3 Å². The molecule has 2 amide bonds. The largest absolute Gasteiger partial charge is 0.353 e. The van der Waals surface area contributed by atoms with Crippen molar-refractivity contribution in [2.24, 2.45) is 11.3 Å². The molecule has 0 saturated heterocycles. The fraction of sp³-hybridized carbons (Fsp3) is 0.529. The van der Waals surface area contributed by atoms with Crippen molar-refractivity contribution in [2.45, 2.75) is 46.6 Å². The van der Waals surface area contributed by atoms with Crippen LogP contribution in [0.3, 0.4) is 0 Å². The highest BCUT2D eigenvalue weighted by molar-refractivity contribution is 5.91. The number of aryl methyl sites for hydroxylation is 1. The first-order valence-electron chi connectivity index (χ1n) is 7.43. The van der Waals surface area contributed by atoms with Gasteiger partial charge in [0.05, 0.1) is 0 Å². The molecule has 1 saturated carbocycles. The predicted octanol–water partition coefficient (Wildman–Crippen LogP) is 2.87. The summed E-state index contributed by atoms with van der Waals surface area (Å²) in [6.45, 7) is 7.75. The van der Waals surface area contributed by atoms with E-state index in [0.717, 1.165) is 17.7 Å². The Kier molecular flexibility index (Phi) is 4.35. The second-order valence-electron chi connectivity index (χ2n) is 6.57. The van der Waals surface area contributed by atoms with Crippen LogP contribution >= 0.6 is 0 Å². The van der Waals surface area contributed by atoms with Gasteiger partial charge in [-0.05, 0) is 36.3 Å². The van der Waals surface area contributed by atoms with Crippen molar-refractivity contribution in [2.75, 3.05) is 5.32 Å². The Balaban J connectivity index is 1.90. The molecule has 4 nitrogen and oxygen atoms in total. The van der Waals surface area contributed by atoms with E-state index in [1.54, 1.807) is 0 Å². The Morgan fingerprint density at radius 1 is 1.29 bits per heavy atom. The molecule has 1 aromatic carbocycles. The van der Waals surface area contributed by atoms with Crippen molar-refractivity contribution in [3.63, 3.8) is 0 Å². The van der Waals surface area contributed by atoms with Gasteiger partial charge in [0.2, 0.25) is 11.8 Å². The molecule has 114 valence electrons. The highest BCUT2D eigenvalue weighted by atomic mass is 16.2. The van der Waals surface area contributed by atoms with Crippen LogP contribution in [0.4, 0.5) is 5.69 Å². The van der Waals surface area contributed by atoms with Crippen LogP contribution in [0, 0.1) is 18.3 Å². The van der Waals surface area contributed by atoms with Gasteiger partial charge >= 0.3 is 0 Å². The molecule has 1 fully saturated rings. The first-order valence-corrected chi connectivity index (χ1v) is 7.43. The maximum absolute atomic E-state index is 12.2. The van der Waals surface area contributed by atoms with Gasteiger partial charge in [-0.1, -0.05) is 32.0 Å². The zero-order valence-electron chi connectivity index (χ0n) is 13.2. The molecule has 2 rings (SSSR count). The first kappa shape index (κ1) is 15.5. The lowest BCUT2D eigenvalue weighted by molar-refractivity contribution is -0.125. The molecule has 2 N–H and O–H groups in total. The number of amides is 2. The Labute approximate surface area is 126 Å². The van der Waals surface area contributed by atoms with Gasteiger partial charge in [0.1, 0.15) is 0 Å². The molecule has 1 aromatic rings. The van der Waals surface area contributed by atoms with Crippen LogP contribution in [-0.4, -0.2) is 17.9 Å². The molecule has 2 unspecified atom stereocenters. The molecule has 0 spiro atoms. The quantitative estimate of drug-likeness (QED) is 0.895. The van der Waals surface area contributed by atoms with E-state index in [4.69, 9.17) is 0 Å². The third-order valence-corrected chi connectivity index (χ3v) is 4.70. The smallest absolute Gasteiger partial charge is 0.224 e. The summed E-state index contributed by atoms with van der Waals surface area (Å²) >= 11 is 0. The maximum atomic E-state index is 12.2. The van der Waals surface area contributed by atoms with E-state index in [9.17, 15) is 9.59 Å². The molecule has 0 aromatic heterocycles. The predicted molar refractivity (Wildman–Crippen MR) is 83.9 cm³/mol.